The van der Waals surface area contributed by atoms with E-state index in [0.29, 0.717) is 32.5 Å². The summed E-state index contributed by atoms with van der Waals surface area (Å²) in [6.45, 7) is 1.63. The van der Waals surface area contributed by atoms with Gasteiger partial charge in [0.05, 0.1) is 18.8 Å². The highest BCUT2D eigenvalue weighted by molar-refractivity contribution is 5.51. The number of hydrogen-bond donors (Lipinski definition) is 2. The number of likely N-dealkylation sites (tertiary alicyclic amines) is 1. The first-order valence-corrected chi connectivity index (χ1v) is 4.19. The van der Waals surface area contributed by atoms with Crippen molar-refractivity contribution in [3.63, 3.8) is 0 Å². The molecule has 0 spiro atoms. The van der Waals surface area contributed by atoms with Gasteiger partial charge in [0, 0.05) is 13.1 Å². The van der Waals surface area contributed by atoms with E-state index in [9.17, 15) is 9.90 Å². The van der Waals surface area contributed by atoms with Crippen molar-refractivity contribution in [3.8, 4) is 0 Å². The first-order chi connectivity index (χ1) is 5.70. The van der Waals surface area contributed by atoms with Gasteiger partial charge in [-0.15, -0.1) is 0 Å². The topological polar surface area (TPSA) is 60.8 Å². The van der Waals surface area contributed by atoms with Crippen LogP contribution in [0.3, 0.4) is 0 Å². The fourth-order valence-corrected chi connectivity index (χ4v) is 1.42. The Morgan fingerprint density at radius 2 is 2.00 bits per heavy atom. The monoisotopic (exact) mass is 173 g/mol. The molecule has 12 heavy (non-hydrogen) atoms. The molecule has 0 aromatic carbocycles. The van der Waals surface area contributed by atoms with Crippen LogP contribution in [0.15, 0.2) is 0 Å². The smallest absolute Gasteiger partial charge is 0.133 e. The van der Waals surface area contributed by atoms with E-state index >= 15 is 0 Å². The molecule has 1 heterocycles. The number of aliphatic hydroxyl groups excluding tert-OH is 1. The summed E-state index contributed by atoms with van der Waals surface area (Å²) in [5.41, 5.74) is -0.903. The first kappa shape index (κ1) is 9.64. The molecule has 0 aliphatic carbocycles. The number of aliphatic hydroxyl groups is 2. The van der Waals surface area contributed by atoms with Crippen molar-refractivity contribution in [1.82, 2.24) is 4.90 Å². The molecular formula is C8H15NO3. The standard InChI is InChI=1S/C8H15NO3/c10-6-5-9-3-1-8(12,7-11)2-4-9/h6,11-12H,1-5,7H2. The van der Waals surface area contributed by atoms with Gasteiger partial charge in [-0.05, 0) is 12.8 Å². The van der Waals surface area contributed by atoms with E-state index in [4.69, 9.17) is 5.11 Å². The van der Waals surface area contributed by atoms with E-state index in [2.05, 4.69) is 0 Å². The minimum atomic E-state index is -0.903. The van der Waals surface area contributed by atoms with Gasteiger partial charge in [-0.1, -0.05) is 0 Å². The zero-order valence-corrected chi connectivity index (χ0v) is 7.07. The van der Waals surface area contributed by atoms with Crippen molar-refractivity contribution in [2.24, 2.45) is 0 Å². The third kappa shape index (κ3) is 2.27. The molecule has 0 bridgehead atoms. The van der Waals surface area contributed by atoms with Crippen molar-refractivity contribution in [1.29, 1.82) is 0 Å². The molecule has 1 rings (SSSR count). The van der Waals surface area contributed by atoms with Crippen LogP contribution in [0.5, 0.6) is 0 Å². The van der Waals surface area contributed by atoms with Gasteiger partial charge in [0.1, 0.15) is 6.29 Å². The lowest BCUT2D eigenvalue weighted by Gasteiger charge is -2.35. The molecule has 0 atom stereocenters. The molecular weight excluding hydrogens is 158 g/mol. The number of carbonyl (C=O) groups is 1. The molecule has 1 aliphatic heterocycles. The van der Waals surface area contributed by atoms with Gasteiger partial charge in [-0.2, -0.15) is 0 Å². The summed E-state index contributed by atoms with van der Waals surface area (Å²) in [6, 6.07) is 0. The van der Waals surface area contributed by atoms with Gasteiger partial charge >= 0.3 is 0 Å². The van der Waals surface area contributed by atoms with E-state index in [1.54, 1.807) is 0 Å². The number of aldehydes is 1. The average molecular weight is 173 g/mol. The molecule has 4 heteroatoms. The maximum atomic E-state index is 10.2. The number of nitrogens with zero attached hydrogens (tertiary/aromatic N) is 1. The van der Waals surface area contributed by atoms with Gasteiger partial charge < -0.3 is 15.0 Å². The second-order valence-electron chi connectivity index (χ2n) is 3.35. The maximum absolute atomic E-state index is 10.2. The van der Waals surface area contributed by atoms with Crippen LogP contribution in [0.25, 0.3) is 0 Å². The third-order valence-corrected chi connectivity index (χ3v) is 2.41. The van der Waals surface area contributed by atoms with Crippen molar-refractivity contribution in [3.05, 3.63) is 0 Å². The highest BCUT2D eigenvalue weighted by Gasteiger charge is 2.30. The molecule has 0 unspecified atom stereocenters. The maximum Gasteiger partial charge on any atom is 0.133 e. The van der Waals surface area contributed by atoms with Gasteiger partial charge in [-0.3, -0.25) is 4.90 Å². The number of rotatable bonds is 3. The summed E-state index contributed by atoms with van der Waals surface area (Å²) in [5, 5.41) is 18.4. The molecule has 0 radical (unpaired) electrons. The molecule has 0 aromatic heterocycles. The van der Waals surface area contributed by atoms with E-state index in [1.807, 2.05) is 4.90 Å². The van der Waals surface area contributed by atoms with E-state index in [1.165, 1.54) is 0 Å². The van der Waals surface area contributed by atoms with Crippen LogP contribution in [-0.2, 0) is 4.79 Å². The summed E-state index contributed by atoms with van der Waals surface area (Å²) in [6.07, 6.45) is 1.97. The summed E-state index contributed by atoms with van der Waals surface area (Å²) in [5.74, 6) is 0. The zero-order chi connectivity index (χ0) is 9.03. The molecule has 4 nitrogen and oxygen atoms in total. The molecule has 1 saturated heterocycles. The quantitative estimate of drug-likeness (QED) is 0.538. The molecule has 1 aliphatic rings. The third-order valence-electron chi connectivity index (χ3n) is 2.41. The Morgan fingerprint density at radius 3 is 2.42 bits per heavy atom. The van der Waals surface area contributed by atoms with Crippen LogP contribution < -0.4 is 0 Å². The molecule has 2 N–H and O–H groups in total. The van der Waals surface area contributed by atoms with Crippen LogP contribution in [0, 0.1) is 0 Å². The van der Waals surface area contributed by atoms with Crippen molar-refractivity contribution >= 4 is 6.29 Å². The van der Waals surface area contributed by atoms with Crippen LogP contribution in [0.4, 0.5) is 0 Å². The Hall–Kier alpha value is -0.450. The van der Waals surface area contributed by atoms with Crippen molar-refractivity contribution < 1.29 is 15.0 Å². The minimum Gasteiger partial charge on any atom is -0.393 e. The lowest BCUT2D eigenvalue weighted by Crippen LogP contribution is -2.46. The van der Waals surface area contributed by atoms with E-state index in [-0.39, 0.29) is 6.61 Å². The van der Waals surface area contributed by atoms with Gasteiger partial charge in [0.2, 0.25) is 0 Å². The van der Waals surface area contributed by atoms with Crippen LogP contribution in [-0.4, -0.2) is 53.2 Å². The summed E-state index contributed by atoms with van der Waals surface area (Å²) in [4.78, 5) is 12.1. The Bertz CT molecular complexity index is 152. The average Bonchev–Trinajstić information content (AvgIpc) is 2.10. The second kappa shape index (κ2) is 3.98. The molecule has 0 aromatic rings. The summed E-state index contributed by atoms with van der Waals surface area (Å²) < 4.78 is 0. The SMILES string of the molecule is O=CCN1CCC(O)(CO)CC1. The Balaban J connectivity index is 2.33. The summed E-state index contributed by atoms with van der Waals surface area (Å²) in [7, 11) is 0. The fraction of sp³-hybridized carbons (Fsp3) is 0.875. The lowest BCUT2D eigenvalue weighted by molar-refractivity contribution is -0.110. The highest BCUT2D eigenvalue weighted by Crippen LogP contribution is 2.20. The van der Waals surface area contributed by atoms with E-state index in [0.717, 1.165) is 6.29 Å². The van der Waals surface area contributed by atoms with Crippen LogP contribution in [0.2, 0.25) is 0 Å². The normalized spacial score (nSPS) is 23.8. The van der Waals surface area contributed by atoms with Gasteiger partial charge in [0.25, 0.3) is 0 Å². The fourth-order valence-electron chi connectivity index (χ4n) is 1.42. The van der Waals surface area contributed by atoms with Crippen LogP contribution in [0.1, 0.15) is 12.8 Å². The summed E-state index contributed by atoms with van der Waals surface area (Å²) >= 11 is 0. The molecule has 70 valence electrons. The molecule has 0 amide bonds. The molecule has 0 saturated carbocycles. The highest BCUT2D eigenvalue weighted by atomic mass is 16.3. The van der Waals surface area contributed by atoms with Crippen molar-refractivity contribution in [2.75, 3.05) is 26.2 Å². The number of piperidine rings is 1. The van der Waals surface area contributed by atoms with Gasteiger partial charge in [-0.25, -0.2) is 0 Å². The Labute approximate surface area is 71.8 Å². The Morgan fingerprint density at radius 1 is 1.42 bits per heavy atom. The van der Waals surface area contributed by atoms with Gasteiger partial charge in [0.15, 0.2) is 0 Å². The molecule has 1 fully saturated rings. The number of carbonyl (C=O) groups excluding carboxylic acids is 1. The zero-order valence-electron chi connectivity index (χ0n) is 7.07. The first-order valence-electron chi connectivity index (χ1n) is 4.19. The lowest BCUT2D eigenvalue weighted by atomic mass is 9.92. The van der Waals surface area contributed by atoms with Crippen LogP contribution >= 0.6 is 0 Å². The predicted octanol–water partition coefficient (Wildman–Crippen LogP) is -0.996. The Kier molecular flexibility index (Phi) is 3.20. The van der Waals surface area contributed by atoms with Crippen molar-refractivity contribution in [2.45, 2.75) is 18.4 Å². The minimum absolute atomic E-state index is 0.179. The second-order valence-corrected chi connectivity index (χ2v) is 3.35. The largest absolute Gasteiger partial charge is 0.393 e. The number of hydrogen-bond acceptors (Lipinski definition) is 4. The predicted molar refractivity (Wildman–Crippen MR) is 43.8 cm³/mol. The van der Waals surface area contributed by atoms with E-state index < -0.39 is 5.60 Å².